The van der Waals surface area contributed by atoms with Crippen molar-refractivity contribution < 1.29 is 4.79 Å². The Kier molecular flexibility index (Phi) is 3.84. The molecule has 4 rings (SSSR count). The molecular weight excluding hydrogens is 304 g/mol. The van der Waals surface area contributed by atoms with Crippen LogP contribution in [0.1, 0.15) is 36.0 Å². The Morgan fingerprint density at radius 1 is 1.21 bits per heavy atom. The summed E-state index contributed by atoms with van der Waals surface area (Å²) in [6.07, 6.45) is 5.95. The molecule has 0 bridgehead atoms. The van der Waals surface area contributed by atoms with Crippen LogP contribution in [-0.2, 0) is 0 Å². The Morgan fingerprint density at radius 3 is 2.88 bits per heavy atom. The van der Waals surface area contributed by atoms with Crippen LogP contribution in [0.3, 0.4) is 0 Å². The molecule has 2 aliphatic heterocycles. The number of carbonyl (C=O) groups is 1. The predicted octanol–water partition coefficient (Wildman–Crippen LogP) is 1.53. The topological polar surface area (TPSA) is 78.1 Å². The van der Waals surface area contributed by atoms with E-state index in [-0.39, 0.29) is 16.9 Å². The first-order valence-corrected chi connectivity index (χ1v) is 8.64. The zero-order valence-corrected chi connectivity index (χ0v) is 13.7. The molecule has 1 aromatic carbocycles. The summed E-state index contributed by atoms with van der Waals surface area (Å²) in [6.45, 7) is 3.75. The molecular formula is C18H22N4O2. The first-order valence-electron chi connectivity index (χ1n) is 8.64. The van der Waals surface area contributed by atoms with Gasteiger partial charge in [-0.2, -0.15) is 0 Å². The second-order valence-corrected chi connectivity index (χ2v) is 7.04. The van der Waals surface area contributed by atoms with Crippen molar-refractivity contribution in [2.75, 3.05) is 26.2 Å². The number of hydrogen-bond acceptors (Lipinski definition) is 4. The van der Waals surface area contributed by atoms with Gasteiger partial charge in [0, 0.05) is 18.7 Å². The standard InChI is InChI=1S/C18H22N4O2/c23-16-14-3-2-13(10-15(14)20-12-21-16)17(24)22-9-1-4-18(11-22)5-7-19-8-6-18/h2-3,10,12,19H,1,4-9,11H2,(H,20,21,23). The lowest BCUT2D eigenvalue weighted by molar-refractivity contribution is 0.0411. The van der Waals surface area contributed by atoms with E-state index in [4.69, 9.17) is 0 Å². The van der Waals surface area contributed by atoms with Crippen molar-refractivity contribution in [2.24, 2.45) is 5.41 Å². The lowest BCUT2D eigenvalue weighted by Gasteiger charge is -2.45. The van der Waals surface area contributed by atoms with Crippen LogP contribution in [0.2, 0.25) is 0 Å². The van der Waals surface area contributed by atoms with Crippen molar-refractivity contribution in [1.29, 1.82) is 0 Å². The molecule has 3 heterocycles. The first-order chi connectivity index (χ1) is 11.7. The molecule has 2 aliphatic rings. The third-order valence-electron chi connectivity index (χ3n) is 5.50. The Labute approximate surface area is 140 Å². The van der Waals surface area contributed by atoms with Crippen LogP contribution in [0.4, 0.5) is 0 Å². The molecule has 2 N–H and O–H groups in total. The van der Waals surface area contributed by atoms with Crippen LogP contribution in [-0.4, -0.2) is 47.0 Å². The number of aromatic nitrogens is 2. The molecule has 0 aliphatic carbocycles. The van der Waals surface area contributed by atoms with Crippen molar-refractivity contribution in [2.45, 2.75) is 25.7 Å². The van der Waals surface area contributed by atoms with Crippen molar-refractivity contribution in [3.8, 4) is 0 Å². The lowest BCUT2D eigenvalue weighted by Crippen LogP contribution is -2.50. The van der Waals surface area contributed by atoms with E-state index < -0.39 is 0 Å². The number of fused-ring (bicyclic) bond motifs is 1. The van der Waals surface area contributed by atoms with Crippen molar-refractivity contribution in [3.05, 3.63) is 40.4 Å². The zero-order valence-electron chi connectivity index (χ0n) is 13.7. The van der Waals surface area contributed by atoms with E-state index in [2.05, 4.69) is 15.3 Å². The van der Waals surface area contributed by atoms with E-state index >= 15 is 0 Å². The number of rotatable bonds is 1. The van der Waals surface area contributed by atoms with Crippen LogP contribution in [0.25, 0.3) is 10.9 Å². The Bertz CT molecular complexity index is 818. The summed E-state index contributed by atoms with van der Waals surface area (Å²) in [4.78, 5) is 33.4. The molecule has 0 unspecified atom stereocenters. The maximum absolute atomic E-state index is 13.0. The highest BCUT2D eigenvalue weighted by Crippen LogP contribution is 2.38. The fourth-order valence-electron chi connectivity index (χ4n) is 4.13. The van der Waals surface area contributed by atoms with Gasteiger partial charge in [0.15, 0.2) is 0 Å². The second-order valence-electron chi connectivity index (χ2n) is 7.04. The van der Waals surface area contributed by atoms with Gasteiger partial charge >= 0.3 is 0 Å². The van der Waals surface area contributed by atoms with Gasteiger partial charge in [0.25, 0.3) is 11.5 Å². The van der Waals surface area contributed by atoms with Gasteiger partial charge in [-0.3, -0.25) is 9.59 Å². The van der Waals surface area contributed by atoms with Crippen LogP contribution in [0.15, 0.2) is 29.3 Å². The molecule has 1 spiro atoms. The lowest BCUT2D eigenvalue weighted by atomic mass is 9.73. The molecule has 1 amide bonds. The number of aromatic amines is 1. The van der Waals surface area contributed by atoms with Gasteiger partial charge in [-0.1, -0.05) is 0 Å². The number of hydrogen-bond donors (Lipinski definition) is 2. The molecule has 0 radical (unpaired) electrons. The average Bonchev–Trinajstić information content (AvgIpc) is 2.62. The van der Waals surface area contributed by atoms with E-state index in [1.54, 1.807) is 18.2 Å². The van der Waals surface area contributed by atoms with Gasteiger partial charge in [0.05, 0.1) is 17.2 Å². The number of carbonyl (C=O) groups excluding carboxylic acids is 1. The van der Waals surface area contributed by atoms with E-state index in [1.165, 1.54) is 12.7 Å². The van der Waals surface area contributed by atoms with Crippen molar-refractivity contribution >= 4 is 16.8 Å². The van der Waals surface area contributed by atoms with Crippen LogP contribution < -0.4 is 10.9 Å². The van der Waals surface area contributed by atoms with E-state index in [1.807, 2.05) is 4.90 Å². The van der Waals surface area contributed by atoms with Crippen molar-refractivity contribution in [3.63, 3.8) is 0 Å². The Morgan fingerprint density at radius 2 is 2.04 bits per heavy atom. The molecule has 2 saturated heterocycles. The van der Waals surface area contributed by atoms with Gasteiger partial charge in [0.2, 0.25) is 0 Å². The smallest absolute Gasteiger partial charge is 0.258 e. The monoisotopic (exact) mass is 326 g/mol. The summed E-state index contributed by atoms with van der Waals surface area (Å²) < 4.78 is 0. The number of likely N-dealkylation sites (tertiary alicyclic amines) is 1. The summed E-state index contributed by atoms with van der Waals surface area (Å²) in [5.41, 5.74) is 1.29. The maximum atomic E-state index is 13.0. The third-order valence-corrected chi connectivity index (χ3v) is 5.50. The summed E-state index contributed by atoms with van der Waals surface area (Å²) in [5, 5.41) is 3.93. The highest BCUT2D eigenvalue weighted by atomic mass is 16.2. The summed E-state index contributed by atoms with van der Waals surface area (Å²) in [5.74, 6) is 0.0524. The van der Waals surface area contributed by atoms with Gasteiger partial charge in [0.1, 0.15) is 0 Å². The minimum atomic E-state index is -0.175. The number of nitrogens with one attached hydrogen (secondary N) is 2. The minimum absolute atomic E-state index is 0.0524. The molecule has 0 atom stereocenters. The average molecular weight is 326 g/mol. The maximum Gasteiger partial charge on any atom is 0.258 e. The summed E-state index contributed by atoms with van der Waals surface area (Å²) in [6, 6.07) is 5.17. The van der Waals surface area contributed by atoms with E-state index in [0.29, 0.717) is 16.5 Å². The first kappa shape index (κ1) is 15.3. The van der Waals surface area contributed by atoms with Crippen LogP contribution in [0, 0.1) is 5.41 Å². The number of benzene rings is 1. The second kappa shape index (κ2) is 6.02. The van der Waals surface area contributed by atoms with Crippen LogP contribution in [0.5, 0.6) is 0 Å². The van der Waals surface area contributed by atoms with E-state index in [0.717, 1.165) is 45.4 Å². The fraction of sp³-hybridized carbons (Fsp3) is 0.500. The molecule has 0 saturated carbocycles. The largest absolute Gasteiger partial charge is 0.338 e. The number of piperidine rings is 2. The number of H-pyrrole nitrogens is 1. The quantitative estimate of drug-likeness (QED) is 0.833. The molecule has 6 heteroatoms. The zero-order chi connectivity index (χ0) is 16.6. The number of amides is 1. The highest BCUT2D eigenvalue weighted by Gasteiger charge is 2.38. The van der Waals surface area contributed by atoms with Crippen LogP contribution >= 0.6 is 0 Å². The summed E-state index contributed by atoms with van der Waals surface area (Å²) in [7, 11) is 0. The normalized spacial score (nSPS) is 20.4. The van der Waals surface area contributed by atoms with E-state index in [9.17, 15) is 9.59 Å². The molecule has 6 nitrogen and oxygen atoms in total. The molecule has 24 heavy (non-hydrogen) atoms. The molecule has 126 valence electrons. The summed E-state index contributed by atoms with van der Waals surface area (Å²) >= 11 is 0. The minimum Gasteiger partial charge on any atom is -0.338 e. The Hall–Kier alpha value is -2.21. The Balaban J connectivity index is 1.60. The van der Waals surface area contributed by atoms with Gasteiger partial charge in [-0.05, 0) is 62.4 Å². The molecule has 2 aromatic rings. The molecule has 1 aromatic heterocycles. The van der Waals surface area contributed by atoms with Crippen molar-refractivity contribution in [1.82, 2.24) is 20.2 Å². The van der Waals surface area contributed by atoms with Gasteiger partial charge < -0.3 is 15.2 Å². The predicted molar refractivity (Wildman–Crippen MR) is 92.0 cm³/mol. The third kappa shape index (κ3) is 2.71. The molecule has 2 fully saturated rings. The SMILES string of the molecule is O=C(c1ccc2c(=O)[nH]cnc2c1)N1CCCC2(CCNCC2)C1. The number of nitrogens with zero attached hydrogens (tertiary/aromatic N) is 2. The van der Waals surface area contributed by atoms with Gasteiger partial charge in [-0.15, -0.1) is 0 Å². The fourth-order valence-corrected chi connectivity index (χ4v) is 4.13. The van der Waals surface area contributed by atoms with Gasteiger partial charge in [-0.25, -0.2) is 4.98 Å². The highest BCUT2D eigenvalue weighted by molar-refractivity contribution is 5.97.